The fourth-order valence-electron chi connectivity index (χ4n) is 12.4. The number of carbonyl (C=O) groups excluding carboxylic acids is 4. The van der Waals surface area contributed by atoms with Crippen LogP contribution in [-0.2, 0) is 65.4 Å². The molecule has 0 rings (SSSR count). The van der Waals surface area contributed by atoms with Gasteiger partial charge >= 0.3 is 39.5 Å². The largest absolute Gasteiger partial charge is 0.472 e. The molecule has 17 nitrogen and oxygen atoms in total. The van der Waals surface area contributed by atoms with Crippen molar-refractivity contribution in [1.29, 1.82) is 0 Å². The van der Waals surface area contributed by atoms with E-state index < -0.39 is 97.5 Å². The van der Waals surface area contributed by atoms with Gasteiger partial charge < -0.3 is 33.8 Å². The van der Waals surface area contributed by atoms with Gasteiger partial charge in [0.15, 0.2) is 12.2 Å². The number of hydrogen-bond acceptors (Lipinski definition) is 15. The maximum absolute atomic E-state index is 13.1. The fourth-order valence-corrected chi connectivity index (χ4v) is 14.0. The van der Waals surface area contributed by atoms with Crippen LogP contribution < -0.4 is 0 Å². The minimum absolute atomic E-state index is 0.108. The Morgan fingerprint density at radius 1 is 0.273 bits per heavy atom. The summed E-state index contributed by atoms with van der Waals surface area (Å²) >= 11 is 0. The number of aliphatic hydroxyl groups excluding tert-OH is 1. The van der Waals surface area contributed by atoms with Crippen LogP contribution in [0.4, 0.5) is 0 Å². The molecule has 0 fully saturated rings. The molecule has 0 aromatic carbocycles. The molecule has 0 bridgehead atoms. The molecule has 0 radical (unpaired) electrons. The highest BCUT2D eigenvalue weighted by molar-refractivity contribution is 7.47. The van der Waals surface area contributed by atoms with Gasteiger partial charge in [0.1, 0.15) is 19.3 Å². The standard InChI is InChI=1S/C80H156O17P2/c1-6-9-12-15-18-21-24-27-30-31-32-33-34-37-40-45-51-56-61-66-80(85)96-75(69-90-77(82)63-58-53-48-43-38-35-28-25-22-19-16-13-10-7-2)71-94-98(86,87)92-67-74(81)68-93-99(88,89)95-72-76(70-91-78(83)64-59-54-49-46-41-42-47-52-57-62-73(4)5)97-79(84)65-60-55-50-44-39-36-29-26-23-20-17-14-11-8-3/h73-76,81H,6-72H2,1-5H3,(H,86,87)(H,88,89)/t74-,75-,76-/m1/s1. The van der Waals surface area contributed by atoms with Gasteiger partial charge in [0.2, 0.25) is 0 Å². The maximum Gasteiger partial charge on any atom is 0.472 e. The van der Waals surface area contributed by atoms with Crippen LogP contribution in [-0.4, -0.2) is 96.7 Å². The van der Waals surface area contributed by atoms with E-state index >= 15 is 0 Å². The van der Waals surface area contributed by atoms with Crippen LogP contribution in [0.2, 0.25) is 0 Å². The van der Waals surface area contributed by atoms with Gasteiger partial charge in [0.25, 0.3) is 0 Å². The van der Waals surface area contributed by atoms with Crippen molar-refractivity contribution in [2.24, 2.45) is 5.92 Å². The molecule has 0 aromatic rings. The molecule has 0 saturated carbocycles. The second-order valence-electron chi connectivity index (χ2n) is 29.3. The third-order valence-electron chi connectivity index (χ3n) is 18.8. The number of phosphoric acid groups is 2. The van der Waals surface area contributed by atoms with E-state index in [0.29, 0.717) is 25.7 Å². The van der Waals surface area contributed by atoms with Crippen molar-refractivity contribution in [3.8, 4) is 0 Å². The molecule has 5 atom stereocenters. The van der Waals surface area contributed by atoms with E-state index in [4.69, 9.17) is 37.0 Å². The zero-order chi connectivity index (χ0) is 72.7. The lowest BCUT2D eigenvalue weighted by Crippen LogP contribution is -2.30. The molecule has 2 unspecified atom stereocenters. The second kappa shape index (κ2) is 73.0. The quantitative estimate of drug-likeness (QED) is 0.0222. The highest BCUT2D eigenvalue weighted by Crippen LogP contribution is 2.45. The number of phosphoric ester groups is 2. The van der Waals surface area contributed by atoms with E-state index in [-0.39, 0.29) is 25.7 Å². The Bertz CT molecular complexity index is 1890. The molecule has 19 heteroatoms. The lowest BCUT2D eigenvalue weighted by Gasteiger charge is -2.21. The van der Waals surface area contributed by atoms with Gasteiger partial charge in [-0.15, -0.1) is 0 Å². The number of hydrogen-bond donors (Lipinski definition) is 3. The Kier molecular flexibility index (Phi) is 71.6. The Labute approximate surface area is 607 Å². The summed E-state index contributed by atoms with van der Waals surface area (Å²) < 4.78 is 68.7. The van der Waals surface area contributed by atoms with Crippen LogP contribution in [0.25, 0.3) is 0 Å². The lowest BCUT2D eigenvalue weighted by atomic mass is 10.0. The van der Waals surface area contributed by atoms with Crippen molar-refractivity contribution in [3.63, 3.8) is 0 Å². The number of aliphatic hydroxyl groups is 1. The maximum atomic E-state index is 13.1. The van der Waals surface area contributed by atoms with Crippen LogP contribution >= 0.6 is 15.6 Å². The average Bonchev–Trinajstić information content (AvgIpc) is 1.81. The average molecular weight is 1450 g/mol. The van der Waals surface area contributed by atoms with Crippen LogP contribution in [0.15, 0.2) is 0 Å². The zero-order valence-electron chi connectivity index (χ0n) is 64.6. The zero-order valence-corrected chi connectivity index (χ0v) is 66.4. The summed E-state index contributed by atoms with van der Waals surface area (Å²) in [6, 6.07) is 0. The topological polar surface area (TPSA) is 237 Å². The van der Waals surface area contributed by atoms with E-state index in [1.807, 2.05) is 0 Å². The van der Waals surface area contributed by atoms with E-state index in [2.05, 4.69) is 34.6 Å². The number of ether oxygens (including phenoxy) is 4. The van der Waals surface area contributed by atoms with Gasteiger partial charge in [-0.25, -0.2) is 9.13 Å². The Morgan fingerprint density at radius 3 is 0.687 bits per heavy atom. The first-order chi connectivity index (χ1) is 48.0. The molecule has 0 spiro atoms. The van der Waals surface area contributed by atoms with Crippen molar-refractivity contribution in [2.75, 3.05) is 39.6 Å². The predicted octanol–water partition coefficient (Wildman–Crippen LogP) is 24.0. The highest BCUT2D eigenvalue weighted by atomic mass is 31.2. The molecule has 0 aliphatic heterocycles. The predicted molar refractivity (Wildman–Crippen MR) is 405 cm³/mol. The summed E-state index contributed by atoms with van der Waals surface area (Å²) in [4.78, 5) is 73.0. The Balaban J connectivity index is 5.25. The van der Waals surface area contributed by atoms with Gasteiger partial charge in [-0.1, -0.05) is 375 Å². The molecular weight excluding hydrogens is 1290 g/mol. The number of esters is 4. The second-order valence-corrected chi connectivity index (χ2v) is 32.2. The lowest BCUT2D eigenvalue weighted by molar-refractivity contribution is -0.161. The van der Waals surface area contributed by atoms with Gasteiger partial charge in [-0.3, -0.25) is 37.3 Å². The summed E-state index contributed by atoms with van der Waals surface area (Å²) in [6.07, 6.45) is 63.7. The minimum atomic E-state index is -4.96. The van der Waals surface area contributed by atoms with Gasteiger partial charge in [-0.05, 0) is 31.6 Å². The van der Waals surface area contributed by atoms with Gasteiger partial charge in [0, 0.05) is 25.7 Å². The normalized spacial score (nSPS) is 13.9. The molecule has 99 heavy (non-hydrogen) atoms. The first kappa shape index (κ1) is 97.1. The summed E-state index contributed by atoms with van der Waals surface area (Å²) in [5.74, 6) is -1.36. The van der Waals surface area contributed by atoms with Crippen LogP contribution in [0.5, 0.6) is 0 Å². The van der Waals surface area contributed by atoms with Crippen molar-refractivity contribution in [1.82, 2.24) is 0 Å². The summed E-state index contributed by atoms with van der Waals surface area (Å²) in [6.45, 7) is 7.31. The minimum Gasteiger partial charge on any atom is -0.462 e. The highest BCUT2D eigenvalue weighted by Gasteiger charge is 2.30. The van der Waals surface area contributed by atoms with Crippen molar-refractivity contribution in [2.45, 2.75) is 445 Å². The van der Waals surface area contributed by atoms with Gasteiger partial charge in [0.05, 0.1) is 26.4 Å². The molecule has 0 aliphatic carbocycles. The SMILES string of the molecule is CCCCCCCCCCCCCCCCCCCCCC(=O)O[C@H](COC(=O)CCCCCCCCCCCCCCCC)COP(=O)(O)OC[C@@H](O)COP(=O)(O)OC[C@@H](COC(=O)CCCCCCCCCCCC(C)C)OC(=O)CCCCCCCCCCCCCCCC. The smallest absolute Gasteiger partial charge is 0.462 e. The molecule has 0 saturated heterocycles. The van der Waals surface area contributed by atoms with E-state index in [1.165, 1.54) is 250 Å². The molecule has 588 valence electrons. The third-order valence-corrected chi connectivity index (χ3v) is 20.7. The molecule has 0 heterocycles. The molecule has 3 N–H and O–H groups in total. The van der Waals surface area contributed by atoms with Crippen LogP contribution in [0, 0.1) is 5.92 Å². The molecule has 0 aromatic heterocycles. The van der Waals surface area contributed by atoms with Crippen molar-refractivity contribution < 1.29 is 80.2 Å². The molecule has 0 aliphatic rings. The van der Waals surface area contributed by atoms with Crippen molar-refractivity contribution in [3.05, 3.63) is 0 Å². The van der Waals surface area contributed by atoms with Crippen molar-refractivity contribution >= 4 is 39.5 Å². The van der Waals surface area contributed by atoms with E-state index in [1.54, 1.807) is 0 Å². The van der Waals surface area contributed by atoms with Gasteiger partial charge in [-0.2, -0.15) is 0 Å². The Hall–Kier alpha value is -1.94. The summed E-state index contributed by atoms with van der Waals surface area (Å²) in [7, 11) is -9.92. The summed E-state index contributed by atoms with van der Waals surface area (Å²) in [5, 5.41) is 10.6. The molecule has 0 amide bonds. The van der Waals surface area contributed by atoms with Crippen LogP contribution in [0.3, 0.4) is 0 Å². The monoisotopic (exact) mass is 1450 g/mol. The first-order valence-corrected chi connectivity index (χ1v) is 44.6. The first-order valence-electron chi connectivity index (χ1n) is 41.6. The third kappa shape index (κ3) is 74.1. The summed E-state index contributed by atoms with van der Waals surface area (Å²) in [5.41, 5.74) is 0. The van der Waals surface area contributed by atoms with Crippen LogP contribution in [0.1, 0.15) is 426 Å². The van der Waals surface area contributed by atoms with E-state index in [0.717, 1.165) is 95.8 Å². The fraction of sp³-hybridized carbons (Fsp3) is 0.950. The Morgan fingerprint density at radius 2 is 0.465 bits per heavy atom. The molecular formula is C80H156O17P2. The number of unbranched alkanes of at least 4 members (excludes halogenated alkanes) is 52. The number of rotatable bonds is 80. The number of carbonyl (C=O) groups is 4. The van der Waals surface area contributed by atoms with E-state index in [9.17, 15) is 43.2 Å².